The fourth-order valence-electron chi connectivity index (χ4n) is 2.83. The van der Waals surface area contributed by atoms with E-state index < -0.39 is 0 Å². The van der Waals surface area contributed by atoms with Gasteiger partial charge in [0.25, 0.3) is 0 Å². The zero-order chi connectivity index (χ0) is 11.5. The lowest BCUT2D eigenvalue weighted by atomic mass is 9.89. The monoisotopic (exact) mass is 219 g/mol. The molecule has 0 amide bonds. The normalized spacial score (nSPS) is 29.5. The van der Waals surface area contributed by atoms with Crippen molar-refractivity contribution in [3.8, 4) is 0 Å². The smallest absolute Gasteiger partial charge is 0.0377 e. The molecule has 1 aromatic rings. The Hall–Kier alpha value is -1.09. The first-order valence-corrected chi connectivity index (χ1v) is 6.08. The molecular weight excluding hydrogens is 198 g/mol. The van der Waals surface area contributed by atoms with Gasteiger partial charge in [-0.05, 0) is 49.8 Å². The molecule has 3 atom stereocenters. The van der Waals surface area contributed by atoms with E-state index in [1.54, 1.807) is 6.20 Å². The number of hydrogen-bond acceptors (Lipinski definition) is 3. The summed E-state index contributed by atoms with van der Waals surface area (Å²) in [6.45, 7) is 2.34. The van der Waals surface area contributed by atoms with E-state index in [4.69, 9.17) is 5.73 Å². The minimum Gasteiger partial charge on any atom is -0.398 e. The highest BCUT2D eigenvalue weighted by molar-refractivity contribution is 5.44. The largest absolute Gasteiger partial charge is 0.398 e. The van der Waals surface area contributed by atoms with Crippen molar-refractivity contribution in [2.24, 2.45) is 11.8 Å². The van der Waals surface area contributed by atoms with Crippen LogP contribution in [0.4, 0.5) is 5.69 Å². The molecule has 2 rings (SSSR count). The van der Waals surface area contributed by atoms with Gasteiger partial charge in [-0.1, -0.05) is 6.92 Å². The van der Waals surface area contributed by atoms with Crippen LogP contribution in [0.2, 0.25) is 0 Å². The lowest BCUT2D eigenvalue weighted by Gasteiger charge is -2.20. The van der Waals surface area contributed by atoms with Gasteiger partial charge in [-0.2, -0.15) is 0 Å². The molecule has 0 aliphatic heterocycles. The maximum absolute atomic E-state index is 5.96. The summed E-state index contributed by atoms with van der Waals surface area (Å²) in [5.74, 6) is 1.47. The van der Waals surface area contributed by atoms with Gasteiger partial charge in [0.05, 0.1) is 0 Å². The van der Waals surface area contributed by atoms with E-state index >= 15 is 0 Å². The van der Waals surface area contributed by atoms with Crippen molar-refractivity contribution in [3.05, 3.63) is 24.0 Å². The molecular formula is C13H21N3. The highest BCUT2D eigenvalue weighted by atomic mass is 14.9. The third-order valence-electron chi connectivity index (χ3n) is 4.02. The Balaban J connectivity index is 2.04. The van der Waals surface area contributed by atoms with Gasteiger partial charge in [-0.15, -0.1) is 0 Å². The highest BCUT2D eigenvalue weighted by Crippen LogP contribution is 2.34. The first kappa shape index (κ1) is 11.4. The predicted molar refractivity (Wildman–Crippen MR) is 67.1 cm³/mol. The molecule has 3 unspecified atom stereocenters. The van der Waals surface area contributed by atoms with Crippen LogP contribution in [0.5, 0.6) is 0 Å². The molecule has 0 saturated heterocycles. The van der Waals surface area contributed by atoms with Crippen LogP contribution in [-0.2, 0) is 6.42 Å². The first-order chi connectivity index (χ1) is 7.72. The Labute approximate surface area is 97.5 Å². The minimum absolute atomic E-state index is 0.669. The molecule has 3 N–H and O–H groups in total. The summed E-state index contributed by atoms with van der Waals surface area (Å²) in [6.07, 6.45) is 7.31. The van der Waals surface area contributed by atoms with Gasteiger partial charge in [0.2, 0.25) is 0 Å². The zero-order valence-electron chi connectivity index (χ0n) is 10.1. The Morgan fingerprint density at radius 1 is 1.50 bits per heavy atom. The van der Waals surface area contributed by atoms with Crippen molar-refractivity contribution in [3.63, 3.8) is 0 Å². The van der Waals surface area contributed by atoms with E-state index in [2.05, 4.69) is 24.3 Å². The first-order valence-electron chi connectivity index (χ1n) is 6.08. The van der Waals surface area contributed by atoms with E-state index in [1.165, 1.54) is 18.4 Å². The van der Waals surface area contributed by atoms with Crippen molar-refractivity contribution >= 4 is 5.69 Å². The molecule has 0 bridgehead atoms. The number of nitrogens with one attached hydrogen (secondary N) is 1. The van der Waals surface area contributed by atoms with Gasteiger partial charge < -0.3 is 11.1 Å². The predicted octanol–water partition coefficient (Wildman–Crippen LogP) is 1.84. The second-order valence-corrected chi connectivity index (χ2v) is 4.87. The standard InChI is InChI=1S/C13H21N3/c1-9-10(3-4-13(9)15-2)7-11-8-16-6-5-12(11)14/h5-6,8-10,13,15H,3-4,7H2,1-2H3,(H2,14,16). The van der Waals surface area contributed by atoms with Crippen molar-refractivity contribution in [2.75, 3.05) is 12.8 Å². The van der Waals surface area contributed by atoms with Crippen LogP contribution < -0.4 is 11.1 Å². The number of nitrogens with zero attached hydrogens (tertiary/aromatic N) is 1. The summed E-state index contributed by atoms with van der Waals surface area (Å²) >= 11 is 0. The Morgan fingerprint density at radius 2 is 2.31 bits per heavy atom. The summed E-state index contributed by atoms with van der Waals surface area (Å²) in [5, 5.41) is 3.40. The molecule has 88 valence electrons. The molecule has 3 nitrogen and oxygen atoms in total. The molecule has 1 aromatic heterocycles. The fraction of sp³-hybridized carbons (Fsp3) is 0.615. The molecule has 0 aromatic carbocycles. The number of nitrogens with two attached hydrogens (primary N) is 1. The molecule has 0 radical (unpaired) electrons. The third-order valence-corrected chi connectivity index (χ3v) is 4.02. The van der Waals surface area contributed by atoms with Gasteiger partial charge in [-0.25, -0.2) is 0 Å². The molecule has 1 aliphatic rings. The summed E-state index contributed by atoms with van der Waals surface area (Å²) in [4.78, 5) is 4.16. The molecule has 1 heterocycles. The number of hydrogen-bond donors (Lipinski definition) is 2. The van der Waals surface area contributed by atoms with Crippen LogP contribution in [-0.4, -0.2) is 18.1 Å². The summed E-state index contributed by atoms with van der Waals surface area (Å²) in [5.41, 5.74) is 8.04. The number of anilines is 1. The van der Waals surface area contributed by atoms with Gasteiger partial charge in [0, 0.05) is 24.1 Å². The Kier molecular flexibility index (Phi) is 3.44. The topological polar surface area (TPSA) is 50.9 Å². The molecule has 0 spiro atoms. The third kappa shape index (κ3) is 2.19. The molecule has 3 heteroatoms. The molecule has 1 aliphatic carbocycles. The van der Waals surface area contributed by atoms with E-state index in [1.807, 2.05) is 12.3 Å². The molecule has 16 heavy (non-hydrogen) atoms. The van der Waals surface area contributed by atoms with Crippen LogP contribution >= 0.6 is 0 Å². The van der Waals surface area contributed by atoms with Crippen molar-refractivity contribution < 1.29 is 0 Å². The number of nitrogen functional groups attached to an aromatic ring is 1. The lowest BCUT2D eigenvalue weighted by Crippen LogP contribution is -2.29. The maximum atomic E-state index is 5.96. The van der Waals surface area contributed by atoms with Gasteiger partial charge in [0.15, 0.2) is 0 Å². The number of pyridine rings is 1. The van der Waals surface area contributed by atoms with Crippen molar-refractivity contribution in [2.45, 2.75) is 32.2 Å². The maximum Gasteiger partial charge on any atom is 0.0377 e. The van der Waals surface area contributed by atoms with Gasteiger partial charge >= 0.3 is 0 Å². The number of aromatic nitrogens is 1. The molecule has 1 saturated carbocycles. The quantitative estimate of drug-likeness (QED) is 0.815. The number of rotatable bonds is 3. The van der Waals surface area contributed by atoms with Crippen LogP contribution in [0.1, 0.15) is 25.3 Å². The van der Waals surface area contributed by atoms with Crippen LogP contribution in [0.3, 0.4) is 0 Å². The average molecular weight is 219 g/mol. The molecule has 1 fully saturated rings. The summed E-state index contributed by atoms with van der Waals surface area (Å²) < 4.78 is 0. The highest BCUT2D eigenvalue weighted by Gasteiger charge is 2.31. The van der Waals surface area contributed by atoms with Gasteiger partial charge in [-0.3, -0.25) is 4.98 Å². The SMILES string of the molecule is CNC1CCC(Cc2cnccc2N)C1C. The lowest BCUT2D eigenvalue weighted by molar-refractivity contribution is 0.364. The van der Waals surface area contributed by atoms with E-state index in [-0.39, 0.29) is 0 Å². The minimum atomic E-state index is 0.669. The van der Waals surface area contributed by atoms with Gasteiger partial charge in [0.1, 0.15) is 0 Å². The second-order valence-electron chi connectivity index (χ2n) is 4.87. The second kappa shape index (κ2) is 4.83. The Morgan fingerprint density at radius 3 is 2.94 bits per heavy atom. The van der Waals surface area contributed by atoms with E-state index in [9.17, 15) is 0 Å². The Bertz CT molecular complexity index is 351. The summed E-state index contributed by atoms with van der Waals surface area (Å²) in [6, 6.07) is 2.56. The van der Waals surface area contributed by atoms with Crippen LogP contribution in [0.25, 0.3) is 0 Å². The zero-order valence-corrected chi connectivity index (χ0v) is 10.1. The van der Waals surface area contributed by atoms with Crippen molar-refractivity contribution in [1.29, 1.82) is 0 Å². The summed E-state index contributed by atoms with van der Waals surface area (Å²) in [7, 11) is 2.06. The van der Waals surface area contributed by atoms with E-state index in [0.717, 1.165) is 23.9 Å². The average Bonchev–Trinajstić information content (AvgIpc) is 2.63. The fourth-order valence-corrected chi connectivity index (χ4v) is 2.83. The van der Waals surface area contributed by atoms with Crippen LogP contribution in [0.15, 0.2) is 18.5 Å². The van der Waals surface area contributed by atoms with Crippen molar-refractivity contribution in [1.82, 2.24) is 10.3 Å². The van der Waals surface area contributed by atoms with Crippen LogP contribution in [0, 0.1) is 11.8 Å². The van der Waals surface area contributed by atoms with E-state index in [0.29, 0.717) is 6.04 Å².